The Morgan fingerprint density at radius 1 is 1.20 bits per heavy atom. The van der Waals surface area contributed by atoms with Crippen LogP contribution >= 0.6 is 0 Å². The molecule has 2 rings (SSSR count). The second kappa shape index (κ2) is 6.44. The zero-order valence-electron chi connectivity index (χ0n) is 12.8. The quantitative estimate of drug-likeness (QED) is 0.738. The van der Waals surface area contributed by atoms with Crippen LogP contribution in [0.5, 0.6) is 0 Å². The number of carbonyl (C=O) groups excluding carboxylic acids is 1. The average Bonchev–Trinajstić information content (AvgIpc) is 2.49. The smallest absolute Gasteiger partial charge is 0.228 e. The number of hydrogen-bond acceptors (Lipinski definition) is 3. The minimum atomic E-state index is -0.397. The van der Waals surface area contributed by atoms with Gasteiger partial charge in [0.1, 0.15) is 0 Å². The molecule has 0 spiro atoms. The van der Waals surface area contributed by atoms with E-state index in [-0.39, 0.29) is 18.1 Å². The molecule has 0 aromatic carbocycles. The maximum atomic E-state index is 12.8. The summed E-state index contributed by atoms with van der Waals surface area (Å²) < 4.78 is 0. The van der Waals surface area contributed by atoms with E-state index < -0.39 is 5.41 Å². The van der Waals surface area contributed by atoms with E-state index in [1.807, 2.05) is 0 Å². The van der Waals surface area contributed by atoms with Crippen LogP contribution in [0.15, 0.2) is 0 Å². The van der Waals surface area contributed by atoms with E-state index in [1.165, 1.54) is 6.42 Å². The molecule has 0 bridgehead atoms. The van der Waals surface area contributed by atoms with Crippen LogP contribution in [0.3, 0.4) is 0 Å². The monoisotopic (exact) mass is 282 g/mol. The van der Waals surface area contributed by atoms with Crippen LogP contribution in [0.1, 0.15) is 64.7 Å². The molecular weight excluding hydrogens is 252 g/mol. The number of aliphatic hydroxyl groups is 1. The van der Waals surface area contributed by atoms with Crippen LogP contribution in [0.25, 0.3) is 0 Å². The third-order valence-corrected chi connectivity index (χ3v) is 5.60. The topological polar surface area (TPSA) is 75.4 Å². The minimum Gasteiger partial charge on any atom is -0.394 e. The van der Waals surface area contributed by atoms with E-state index in [9.17, 15) is 9.90 Å². The molecule has 0 unspecified atom stereocenters. The molecule has 20 heavy (non-hydrogen) atoms. The highest BCUT2D eigenvalue weighted by molar-refractivity contribution is 5.83. The summed E-state index contributed by atoms with van der Waals surface area (Å²) in [5.74, 6) is 0.784. The third kappa shape index (κ3) is 3.17. The summed E-state index contributed by atoms with van der Waals surface area (Å²) in [6, 6.07) is 0. The van der Waals surface area contributed by atoms with Crippen molar-refractivity contribution in [3.63, 3.8) is 0 Å². The Morgan fingerprint density at radius 2 is 1.80 bits per heavy atom. The lowest BCUT2D eigenvalue weighted by molar-refractivity contribution is -0.136. The van der Waals surface area contributed by atoms with E-state index >= 15 is 0 Å². The number of rotatable bonds is 4. The summed E-state index contributed by atoms with van der Waals surface area (Å²) in [6.07, 6.45) is 9.11. The van der Waals surface area contributed by atoms with Crippen molar-refractivity contribution in [2.24, 2.45) is 17.1 Å². The Labute approximate surface area is 122 Å². The molecule has 0 aromatic rings. The summed E-state index contributed by atoms with van der Waals surface area (Å²) in [5, 5.41) is 12.9. The number of hydrogen-bond donors (Lipinski definition) is 3. The van der Waals surface area contributed by atoms with Crippen molar-refractivity contribution >= 4 is 5.91 Å². The highest BCUT2D eigenvalue weighted by atomic mass is 16.3. The van der Waals surface area contributed by atoms with E-state index in [4.69, 9.17) is 5.73 Å². The molecule has 2 aliphatic carbocycles. The molecule has 0 aromatic heterocycles. The van der Waals surface area contributed by atoms with Crippen LogP contribution in [0, 0.1) is 11.3 Å². The molecule has 4 N–H and O–H groups in total. The van der Waals surface area contributed by atoms with Gasteiger partial charge in [0.25, 0.3) is 0 Å². The molecule has 0 atom stereocenters. The van der Waals surface area contributed by atoms with Gasteiger partial charge in [-0.1, -0.05) is 26.2 Å². The van der Waals surface area contributed by atoms with Gasteiger partial charge in [-0.25, -0.2) is 0 Å². The van der Waals surface area contributed by atoms with Crippen molar-refractivity contribution in [3.05, 3.63) is 0 Å². The molecule has 0 heterocycles. The maximum Gasteiger partial charge on any atom is 0.228 e. The Hall–Kier alpha value is -0.610. The summed E-state index contributed by atoms with van der Waals surface area (Å²) in [6.45, 7) is 2.72. The summed E-state index contributed by atoms with van der Waals surface area (Å²) in [4.78, 5) is 12.8. The molecule has 2 aliphatic rings. The zero-order valence-corrected chi connectivity index (χ0v) is 12.8. The van der Waals surface area contributed by atoms with Crippen LogP contribution in [-0.4, -0.2) is 29.7 Å². The van der Waals surface area contributed by atoms with Gasteiger partial charge in [0.15, 0.2) is 0 Å². The van der Waals surface area contributed by atoms with Gasteiger partial charge in [0, 0.05) is 6.54 Å². The van der Waals surface area contributed by atoms with Gasteiger partial charge in [0.05, 0.1) is 17.6 Å². The van der Waals surface area contributed by atoms with Gasteiger partial charge in [-0.15, -0.1) is 0 Å². The summed E-state index contributed by atoms with van der Waals surface area (Å²) >= 11 is 0. The largest absolute Gasteiger partial charge is 0.394 e. The first kappa shape index (κ1) is 15.8. The van der Waals surface area contributed by atoms with Crippen molar-refractivity contribution in [2.45, 2.75) is 70.3 Å². The predicted molar refractivity (Wildman–Crippen MR) is 80.2 cm³/mol. The van der Waals surface area contributed by atoms with Crippen LogP contribution in [0.2, 0.25) is 0 Å². The van der Waals surface area contributed by atoms with Gasteiger partial charge in [0.2, 0.25) is 5.91 Å². The molecular formula is C16H30N2O2. The Morgan fingerprint density at radius 3 is 2.30 bits per heavy atom. The molecule has 4 heteroatoms. The standard InChI is InChI=1S/C16H30N2O2/c1-13-5-9-15(11-17,10-6-13)14(20)18-16(12-19)7-3-2-4-8-16/h13,19H,2-12,17H2,1H3,(H,18,20). The lowest BCUT2D eigenvalue weighted by Crippen LogP contribution is -2.58. The number of carbonyl (C=O) groups is 1. The average molecular weight is 282 g/mol. The summed E-state index contributed by atoms with van der Waals surface area (Å²) in [5.41, 5.74) is 5.17. The third-order valence-electron chi connectivity index (χ3n) is 5.60. The number of amides is 1. The SMILES string of the molecule is CC1CCC(CN)(C(=O)NC2(CO)CCCCC2)CC1. The van der Waals surface area contributed by atoms with Crippen LogP contribution < -0.4 is 11.1 Å². The van der Waals surface area contributed by atoms with Crippen molar-refractivity contribution in [3.8, 4) is 0 Å². The fraction of sp³-hybridized carbons (Fsp3) is 0.938. The van der Waals surface area contributed by atoms with E-state index in [2.05, 4.69) is 12.2 Å². The molecule has 2 fully saturated rings. The van der Waals surface area contributed by atoms with E-state index in [0.29, 0.717) is 12.5 Å². The highest BCUT2D eigenvalue weighted by Gasteiger charge is 2.43. The van der Waals surface area contributed by atoms with Gasteiger partial charge >= 0.3 is 0 Å². The molecule has 0 saturated heterocycles. The lowest BCUT2D eigenvalue weighted by Gasteiger charge is -2.43. The Kier molecular flexibility index (Phi) is 5.08. The lowest BCUT2D eigenvalue weighted by atomic mass is 9.69. The fourth-order valence-corrected chi connectivity index (χ4v) is 3.76. The highest BCUT2D eigenvalue weighted by Crippen LogP contribution is 2.39. The van der Waals surface area contributed by atoms with E-state index in [1.54, 1.807) is 0 Å². The zero-order chi connectivity index (χ0) is 14.6. The predicted octanol–water partition coefficient (Wildman–Crippen LogP) is 1.95. The van der Waals surface area contributed by atoms with E-state index in [0.717, 1.165) is 51.4 Å². The van der Waals surface area contributed by atoms with Crippen molar-refractivity contribution in [1.82, 2.24) is 5.32 Å². The molecule has 1 amide bonds. The van der Waals surface area contributed by atoms with Crippen molar-refractivity contribution < 1.29 is 9.90 Å². The molecule has 0 aliphatic heterocycles. The molecule has 4 nitrogen and oxygen atoms in total. The van der Waals surface area contributed by atoms with Gasteiger partial charge < -0.3 is 16.2 Å². The Bertz CT molecular complexity index is 329. The molecule has 116 valence electrons. The number of nitrogens with two attached hydrogens (primary N) is 1. The summed E-state index contributed by atoms with van der Waals surface area (Å²) in [7, 11) is 0. The molecule has 2 saturated carbocycles. The van der Waals surface area contributed by atoms with Crippen LogP contribution in [-0.2, 0) is 4.79 Å². The first-order valence-electron chi connectivity index (χ1n) is 8.19. The molecule has 0 radical (unpaired) electrons. The van der Waals surface area contributed by atoms with Gasteiger partial charge in [-0.3, -0.25) is 4.79 Å². The maximum absolute atomic E-state index is 12.8. The fourth-order valence-electron chi connectivity index (χ4n) is 3.76. The first-order chi connectivity index (χ1) is 9.56. The van der Waals surface area contributed by atoms with Gasteiger partial charge in [-0.05, 0) is 44.4 Å². The Balaban J connectivity index is 2.05. The second-order valence-corrected chi connectivity index (χ2v) is 7.12. The minimum absolute atomic E-state index is 0.0514. The van der Waals surface area contributed by atoms with Crippen LogP contribution in [0.4, 0.5) is 0 Å². The normalized spacial score (nSPS) is 33.6. The number of aliphatic hydroxyl groups excluding tert-OH is 1. The number of nitrogens with one attached hydrogen (secondary N) is 1. The van der Waals surface area contributed by atoms with Crippen molar-refractivity contribution in [2.75, 3.05) is 13.2 Å². The van der Waals surface area contributed by atoms with Gasteiger partial charge in [-0.2, -0.15) is 0 Å². The second-order valence-electron chi connectivity index (χ2n) is 7.12. The van der Waals surface area contributed by atoms with Crippen molar-refractivity contribution in [1.29, 1.82) is 0 Å². The first-order valence-corrected chi connectivity index (χ1v) is 8.19.